The second kappa shape index (κ2) is 14.9. The molecule has 0 aliphatic carbocycles. The van der Waals surface area contributed by atoms with E-state index in [0.717, 1.165) is 25.3 Å². The van der Waals surface area contributed by atoms with E-state index < -0.39 is 8.80 Å². The highest BCUT2D eigenvalue weighted by Crippen LogP contribution is 2.20. The van der Waals surface area contributed by atoms with Crippen LogP contribution < -0.4 is 0 Å². The number of rotatable bonds is 16. The molecule has 0 saturated heterocycles. The first-order valence-corrected chi connectivity index (χ1v) is 9.56. The van der Waals surface area contributed by atoms with E-state index >= 15 is 0 Å². The first-order valence-electron chi connectivity index (χ1n) is 7.63. The van der Waals surface area contributed by atoms with E-state index in [1.165, 1.54) is 0 Å². The predicted molar refractivity (Wildman–Crippen MR) is 83.6 cm³/mol. The zero-order valence-corrected chi connectivity index (χ0v) is 15.0. The van der Waals surface area contributed by atoms with Crippen LogP contribution in [0.4, 0.5) is 0 Å². The molecule has 21 heavy (non-hydrogen) atoms. The summed E-state index contributed by atoms with van der Waals surface area (Å²) in [6.07, 6.45) is 3.33. The van der Waals surface area contributed by atoms with Crippen LogP contribution in [0, 0.1) is 0 Å². The molecule has 0 aliphatic rings. The molecule has 0 fully saturated rings. The minimum atomic E-state index is -2.68. The van der Waals surface area contributed by atoms with Crippen LogP contribution in [0.2, 0.25) is 6.04 Å². The van der Waals surface area contributed by atoms with Crippen molar-refractivity contribution in [1.29, 1.82) is 0 Å². The van der Waals surface area contributed by atoms with Gasteiger partial charge in [-0.15, -0.1) is 0 Å². The molecule has 0 spiro atoms. The molecule has 0 amide bonds. The molecule has 0 N–H and O–H groups in total. The molecule has 0 aromatic heterocycles. The van der Waals surface area contributed by atoms with Crippen molar-refractivity contribution in [2.45, 2.75) is 32.2 Å². The maximum atomic E-state index is 5.97. The van der Waals surface area contributed by atoms with Gasteiger partial charge in [-0.3, -0.25) is 0 Å². The molecule has 128 valence electrons. The highest BCUT2D eigenvalue weighted by atomic mass is 28.4. The van der Waals surface area contributed by atoms with Crippen molar-refractivity contribution in [1.82, 2.24) is 0 Å². The summed E-state index contributed by atoms with van der Waals surface area (Å²) in [6.45, 7) is 5.21. The molecule has 0 radical (unpaired) electrons. The Labute approximate surface area is 130 Å². The number of unbranched alkanes of at least 4 members (excludes halogenated alkanes) is 2. The first-order chi connectivity index (χ1) is 10.2. The van der Waals surface area contributed by atoms with Gasteiger partial charge in [0.2, 0.25) is 0 Å². The molecule has 0 atom stereocenters. The van der Waals surface area contributed by atoms with Gasteiger partial charge in [-0.25, -0.2) is 0 Å². The zero-order chi connectivity index (χ0) is 15.8. The maximum Gasteiger partial charge on any atom is 0.501 e. The van der Waals surface area contributed by atoms with Crippen molar-refractivity contribution in [3.8, 4) is 0 Å². The van der Waals surface area contributed by atoms with Gasteiger partial charge in [-0.1, -0.05) is 19.8 Å². The lowest BCUT2D eigenvalue weighted by Crippen LogP contribution is -2.47. The Morgan fingerprint density at radius 2 is 1.05 bits per heavy atom. The van der Waals surface area contributed by atoms with Crippen molar-refractivity contribution in [2.24, 2.45) is 0 Å². The fourth-order valence-electron chi connectivity index (χ4n) is 1.77. The van der Waals surface area contributed by atoms with Gasteiger partial charge < -0.3 is 27.5 Å². The largest absolute Gasteiger partial charge is 0.501 e. The molecule has 0 aliphatic heterocycles. The van der Waals surface area contributed by atoms with Crippen molar-refractivity contribution in [3.63, 3.8) is 0 Å². The zero-order valence-electron chi connectivity index (χ0n) is 14.0. The first kappa shape index (κ1) is 21.0. The Bertz CT molecular complexity index is 172. The average molecular weight is 324 g/mol. The summed E-state index contributed by atoms with van der Waals surface area (Å²) in [5, 5.41) is 0. The smallest absolute Gasteiger partial charge is 0.382 e. The average Bonchev–Trinajstić information content (AvgIpc) is 2.48. The van der Waals surface area contributed by atoms with E-state index in [1.807, 2.05) is 0 Å². The number of methoxy groups -OCH3 is 3. The maximum absolute atomic E-state index is 5.97. The summed E-state index contributed by atoms with van der Waals surface area (Å²) in [5.41, 5.74) is 0. The van der Waals surface area contributed by atoms with Crippen LogP contribution in [0.15, 0.2) is 0 Å². The molecule has 0 bridgehead atoms. The summed E-state index contributed by atoms with van der Waals surface area (Å²) in [5.74, 6) is 0. The summed E-state index contributed by atoms with van der Waals surface area (Å²) in [4.78, 5) is 0. The molecule has 6 nitrogen and oxygen atoms in total. The Morgan fingerprint density at radius 1 is 0.619 bits per heavy atom. The molecule has 0 rings (SSSR count). The van der Waals surface area contributed by atoms with Gasteiger partial charge in [0.25, 0.3) is 0 Å². The SMILES string of the molecule is CCCCC[Si](OCCOC)(OCCOC)OCCOC. The fraction of sp³-hybridized carbons (Fsp3) is 1.00. The van der Waals surface area contributed by atoms with Crippen LogP contribution >= 0.6 is 0 Å². The Hall–Kier alpha value is -0.0231. The molecular weight excluding hydrogens is 292 g/mol. The molecule has 7 heteroatoms. The summed E-state index contributed by atoms with van der Waals surface area (Å²) in [7, 11) is 2.28. The normalized spacial score (nSPS) is 12.0. The van der Waals surface area contributed by atoms with Gasteiger partial charge in [-0.2, -0.15) is 0 Å². The number of ether oxygens (including phenoxy) is 3. The predicted octanol–water partition coefficient (Wildman–Crippen LogP) is 2.10. The van der Waals surface area contributed by atoms with Crippen molar-refractivity contribution >= 4 is 8.80 Å². The van der Waals surface area contributed by atoms with Crippen molar-refractivity contribution in [2.75, 3.05) is 61.0 Å². The molecule has 0 aromatic carbocycles. The van der Waals surface area contributed by atoms with E-state index in [1.54, 1.807) is 21.3 Å². The summed E-state index contributed by atoms with van der Waals surface area (Å²) >= 11 is 0. The lowest BCUT2D eigenvalue weighted by Gasteiger charge is -2.29. The lowest BCUT2D eigenvalue weighted by atomic mass is 10.3. The highest BCUT2D eigenvalue weighted by molar-refractivity contribution is 6.60. The van der Waals surface area contributed by atoms with Crippen molar-refractivity contribution < 1.29 is 27.5 Å². The fourth-order valence-corrected chi connectivity index (χ4v) is 4.32. The molecule has 0 heterocycles. The third-order valence-electron chi connectivity index (χ3n) is 2.91. The minimum Gasteiger partial charge on any atom is -0.382 e. The minimum absolute atomic E-state index is 0.481. The van der Waals surface area contributed by atoms with E-state index in [-0.39, 0.29) is 0 Å². The van der Waals surface area contributed by atoms with Crippen LogP contribution in [0.5, 0.6) is 0 Å². The lowest BCUT2D eigenvalue weighted by molar-refractivity contribution is 0.0142. The van der Waals surface area contributed by atoms with E-state index in [4.69, 9.17) is 27.5 Å². The van der Waals surface area contributed by atoms with Gasteiger partial charge in [0.05, 0.1) is 39.6 Å². The van der Waals surface area contributed by atoms with Gasteiger partial charge in [-0.05, 0) is 6.42 Å². The third-order valence-corrected chi connectivity index (χ3v) is 5.81. The van der Waals surface area contributed by atoms with Crippen molar-refractivity contribution in [3.05, 3.63) is 0 Å². The summed E-state index contributed by atoms with van der Waals surface area (Å²) in [6, 6.07) is 0.817. The van der Waals surface area contributed by atoms with E-state index in [2.05, 4.69) is 6.92 Å². The Balaban J connectivity index is 4.52. The number of hydrogen-bond acceptors (Lipinski definition) is 6. The standard InChI is InChI=1S/C14H32O6Si/c1-5-6-7-14-21(18-11-8-15-2,19-12-9-16-3)20-13-10-17-4/h5-14H2,1-4H3. The molecule has 0 unspecified atom stereocenters. The number of hydrogen-bond donors (Lipinski definition) is 0. The highest BCUT2D eigenvalue weighted by Gasteiger charge is 2.40. The van der Waals surface area contributed by atoms with Crippen LogP contribution in [-0.2, 0) is 27.5 Å². The van der Waals surface area contributed by atoms with Crippen LogP contribution in [0.1, 0.15) is 26.2 Å². The van der Waals surface area contributed by atoms with Crippen LogP contribution in [0.25, 0.3) is 0 Å². The van der Waals surface area contributed by atoms with Gasteiger partial charge in [0.15, 0.2) is 0 Å². The van der Waals surface area contributed by atoms with E-state index in [0.29, 0.717) is 39.6 Å². The summed E-state index contributed by atoms with van der Waals surface area (Å²) < 4.78 is 33.1. The monoisotopic (exact) mass is 324 g/mol. The third kappa shape index (κ3) is 11.2. The topological polar surface area (TPSA) is 55.4 Å². The van der Waals surface area contributed by atoms with Gasteiger partial charge >= 0.3 is 8.80 Å². The van der Waals surface area contributed by atoms with Crippen LogP contribution in [0.3, 0.4) is 0 Å². The second-order valence-corrected chi connectivity index (χ2v) is 7.40. The Morgan fingerprint density at radius 3 is 1.38 bits per heavy atom. The second-order valence-electron chi connectivity index (χ2n) is 4.66. The van der Waals surface area contributed by atoms with E-state index in [9.17, 15) is 0 Å². The van der Waals surface area contributed by atoms with Crippen LogP contribution in [-0.4, -0.2) is 69.8 Å². The molecule has 0 aromatic rings. The Kier molecular flexibility index (Phi) is 14.9. The molecular formula is C14H32O6Si. The quantitative estimate of drug-likeness (QED) is 0.320. The van der Waals surface area contributed by atoms with Gasteiger partial charge in [0.1, 0.15) is 0 Å². The molecule has 0 saturated carbocycles. The van der Waals surface area contributed by atoms with Gasteiger partial charge in [0, 0.05) is 27.4 Å².